The predicted molar refractivity (Wildman–Crippen MR) is 125 cm³/mol. The Hall–Kier alpha value is -2.50. The van der Waals surface area contributed by atoms with E-state index in [0.29, 0.717) is 6.04 Å². The lowest BCUT2D eigenvalue weighted by molar-refractivity contribution is 0.122. The van der Waals surface area contributed by atoms with E-state index in [1.165, 1.54) is 34.3 Å². The molecule has 1 aliphatic heterocycles. The Balaban J connectivity index is 1.39. The number of aromatic nitrogens is 1. The zero-order valence-corrected chi connectivity index (χ0v) is 18.3. The van der Waals surface area contributed by atoms with E-state index in [1.807, 2.05) is 0 Å². The number of hydrogen-bond acceptors (Lipinski definition) is 4. The van der Waals surface area contributed by atoms with E-state index in [2.05, 4.69) is 83.3 Å². The van der Waals surface area contributed by atoms with Crippen molar-refractivity contribution in [3.8, 4) is 0 Å². The molecule has 0 amide bonds. The molecular weight excluding hydrogens is 372 g/mol. The summed E-state index contributed by atoms with van der Waals surface area (Å²) in [5, 5.41) is 5.01. The summed E-state index contributed by atoms with van der Waals surface area (Å²) in [7, 11) is 6.62. The number of aryl methyl sites for hydroxylation is 1. The lowest BCUT2D eigenvalue weighted by atomic mass is 9.90. The molecule has 1 atom stereocenters. The fourth-order valence-electron chi connectivity index (χ4n) is 5.02. The van der Waals surface area contributed by atoms with E-state index < -0.39 is 0 Å². The van der Waals surface area contributed by atoms with Gasteiger partial charge in [0.15, 0.2) is 0 Å². The third-order valence-corrected chi connectivity index (χ3v) is 6.85. The van der Waals surface area contributed by atoms with Gasteiger partial charge in [-0.05, 0) is 81.4 Å². The van der Waals surface area contributed by atoms with Crippen LogP contribution in [0.4, 0.5) is 17.1 Å². The Labute approximate surface area is 179 Å². The minimum atomic E-state index is 0.632. The van der Waals surface area contributed by atoms with Gasteiger partial charge in [0.25, 0.3) is 0 Å². The normalized spacial score (nSPS) is 19.3. The van der Waals surface area contributed by atoms with Crippen LogP contribution >= 0.6 is 0 Å². The topological polar surface area (TPSA) is 32.7 Å². The number of benzene rings is 2. The van der Waals surface area contributed by atoms with Crippen LogP contribution in [0, 0.1) is 0 Å². The molecule has 0 radical (unpaired) electrons. The van der Waals surface area contributed by atoms with Gasteiger partial charge in [-0.3, -0.25) is 0 Å². The highest BCUT2D eigenvalue weighted by Crippen LogP contribution is 2.34. The van der Waals surface area contributed by atoms with E-state index >= 15 is 0 Å². The summed E-state index contributed by atoms with van der Waals surface area (Å²) in [5.41, 5.74) is 7.93. The monoisotopic (exact) mass is 404 g/mol. The largest absolute Gasteiger partial charge is 0.378 e. The number of fused-ring (bicyclic) bond motifs is 3. The molecule has 3 aromatic rings. The van der Waals surface area contributed by atoms with Crippen LogP contribution in [0.25, 0.3) is 10.9 Å². The Morgan fingerprint density at radius 1 is 1.00 bits per heavy atom. The highest BCUT2D eigenvalue weighted by Gasteiger charge is 2.25. The van der Waals surface area contributed by atoms with Crippen LogP contribution in [-0.4, -0.2) is 55.9 Å². The molecule has 2 aromatic carbocycles. The average molecular weight is 405 g/mol. The molecule has 30 heavy (non-hydrogen) atoms. The minimum absolute atomic E-state index is 0.632. The first-order valence-electron chi connectivity index (χ1n) is 11.1. The van der Waals surface area contributed by atoms with Gasteiger partial charge in [-0.1, -0.05) is 0 Å². The summed E-state index contributed by atoms with van der Waals surface area (Å²) in [6, 6.07) is 16.2. The van der Waals surface area contributed by atoms with Gasteiger partial charge >= 0.3 is 0 Å². The first kappa shape index (κ1) is 19.5. The molecule has 0 saturated carbocycles. The molecule has 1 aliphatic carbocycles. The molecule has 1 aromatic heterocycles. The second kappa shape index (κ2) is 7.97. The molecule has 5 nitrogen and oxygen atoms in total. The lowest BCUT2D eigenvalue weighted by Gasteiger charge is -2.29. The quantitative estimate of drug-likeness (QED) is 0.707. The number of ether oxygens (including phenoxy) is 1. The molecule has 0 spiro atoms. The number of nitrogens with one attached hydrogen (secondary N) is 1. The SMILES string of the molecule is CN(C)C1CCc2c(c3cc(Nc4ccc(N5CCOCC5)cc4)ccc3n2C)C1. The summed E-state index contributed by atoms with van der Waals surface area (Å²) in [4.78, 5) is 4.76. The van der Waals surface area contributed by atoms with Crippen molar-refractivity contribution in [1.82, 2.24) is 9.47 Å². The summed E-state index contributed by atoms with van der Waals surface area (Å²) in [6.45, 7) is 3.57. The first-order valence-corrected chi connectivity index (χ1v) is 11.1. The molecule has 0 bridgehead atoms. The standard InChI is InChI=1S/C25H32N4O/c1-27(2)21-9-11-25-23(17-21)22-16-19(6-10-24(22)28(25)3)26-18-4-7-20(8-5-18)29-12-14-30-15-13-29/h4-8,10,16,21,26H,9,11-15,17H2,1-3H3. The van der Waals surface area contributed by atoms with Gasteiger partial charge in [-0.25, -0.2) is 0 Å². The van der Waals surface area contributed by atoms with Crippen LogP contribution in [-0.2, 0) is 24.6 Å². The van der Waals surface area contributed by atoms with E-state index in [-0.39, 0.29) is 0 Å². The zero-order chi connectivity index (χ0) is 20.7. The Morgan fingerprint density at radius 3 is 2.47 bits per heavy atom. The van der Waals surface area contributed by atoms with Crippen molar-refractivity contribution in [1.29, 1.82) is 0 Å². The molecule has 1 unspecified atom stereocenters. The molecule has 158 valence electrons. The van der Waals surface area contributed by atoms with Crippen molar-refractivity contribution >= 4 is 28.0 Å². The number of rotatable bonds is 4. The minimum Gasteiger partial charge on any atom is -0.378 e. The summed E-state index contributed by atoms with van der Waals surface area (Å²) in [6.07, 6.45) is 3.54. The predicted octanol–water partition coefficient (Wildman–Crippen LogP) is 4.18. The Bertz CT molecular complexity index is 1030. The number of hydrogen-bond donors (Lipinski definition) is 1. The Kier molecular flexibility index (Phi) is 5.17. The highest BCUT2D eigenvalue weighted by molar-refractivity contribution is 5.89. The van der Waals surface area contributed by atoms with E-state index in [4.69, 9.17) is 4.74 Å². The van der Waals surface area contributed by atoms with Gasteiger partial charge in [-0.2, -0.15) is 0 Å². The molecule has 5 heteroatoms. The molecule has 1 fully saturated rings. The van der Waals surface area contributed by atoms with Gasteiger partial charge < -0.3 is 24.4 Å². The van der Waals surface area contributed by atoms with E-state index in [1.54, 1.807) is 0 Å². The fourth-order valence-corrected chi connectivity index (χ4v) is 5.02. The third-order valence-electron chi connectivity index (χ3n) is 6.85. The van der Waals surface area contributed by atoms with Crippen LogP contribution in [0.5, 0.6) is 0 Å². The van der Waals surface area contributed by atoms with Crippen molar-refractivity contribution in [3.05, 3.63) is 53.7 Å². The fraction of sp³-hybridized carbons (Fsp3) is 0.440. The van der Waals surface area contributed by atoms with Gasteiger partial charge in [0.1, 0.15) is 0 Å². The van der Waals surface area contributed by atoms with E-state index in [0.717, 1.165) is 50.5 Å². The van der Waals surface area contributed by atoms with Crippen molar-refractivity contribution in [2.45, 2.75) is 25.3 Å². The molecule has 5 rings (SSSR count). The second-order valence-corrected chi connectivity index (χ2v) is 8.85. The van der Waals surface area contributed by atoms with Crippen molar-refractivity contribution < 1.29 is 4.74 Å². The maximum Gasteiger partial charge on any atom is 0.0642 e. The average Bonchev–Trinajstić information content (AvgIpc) is 3.06. The summed E-state index contributed by atoms with van der Waals surface area (Å²) < 4.78 is 7.86. The van der Waals surface area contributed by atoms with Crippen molar-refractivity contribution in [3.63, 3.8) is 0 Å². The molecule has 1 N–H and O–H groups in total. The summed E-state index contributed by atoms with van der Waals surface area (Å²) >= 11 is 0. The maximum atomic E-state index is 5.46. The van der Waals surface area contributed by atoms with Crippen LogP contribution in [0.15, 0.2) is 42.5 Å². The first-order chi connectivity index (χ1) is 14.6. The molecule has 2 aliphatic rings. The maximum absolute atomic E-state index is 5.46. The van der Waals surface area contributed by atoms with Crippen molar-refractivity contribution in [2.24, 2.45) is 7.05 Å². The van der Waals surface area contributed by atoms with Crippen LogP contribution in [0.1, 0.15) is 17.7 Å². The van der Waals surface area contributed by atoms with Gasteiger partial charge in [-0.15, -0.1) is 0 Å². The van der Waals surface area contributed by atoms with Crippen LogP contribution in [0.3, 0.4) is 0 Å². The summed E-state index contributed by atoms with van der Waals surface area (Å²) in [5.74, 6) is 0. The molecule has 2 heterocycles. The van der Waals surface area contributed by atoms with E-state index in [9.17, 15) is 0 Å². The number of nitrogens with zero attached hydrogens (tertiary/aromatic N) is 3. The second-order valence-electron chi connectivity index (χ2n) is 8.85. The van der Waals surface area contributed by atoms with Crippen LogP contribution in [0.2, 0.25) is 0 Å². The van der Waals surface area contributed by atoms with Gasteiger partial charge in [0.2, 0.25) is 0 Å². The molecule has 1 saturated heterocycles. The Morgan fingerprint density at radius 2 is 1.73 bits per heavy atom. The molecular formula is C25H32N4O. The van der Waals surface area contributed by atoms with Crippen molar-refractivity contribution in [2.75, 3.05) is 50.6 Å². The number of anilines is 3. The number of likely N-dealkylation sites (N-methyl/N-ethyl adjacent to an activating group) is 1. The smallest absolute Gasteiger partial charge is 0.0642 e. The third kappa shape index (κ3) is 3.57. The van der Waals surface area contributed by atoms with Crippen LogP contribution < -0.4 is 10.2 Å². The lowest BCUT2D eigenvalue weighted by Crippen LogP contribution is -2.36. The highest BCUT2D eigenvalue weighted by atomic mass is 16.5. The van der Waals surface area contributed by atoms with Gasteiger partial charge in [0, 0.05) is 59.8 Å². The number of morpholine rings is 1. The van der Waals surface area contributed by atoms with Gasteiger partial charge in [0.05, 0.1) is 13.2 Å². The zero-order valence-electron chi connectivity index (χ0n) is 18.3.